The summed E-state index contributed by atoms with van der Waals surface area (Å²) in [5.41, 5.74) is 2.11. The van der Waals surface area contributed by atoms with Crippen LogP contribution in [0.1, 0.15) is 38.4 Å². The van der Waals surface area contributed by atoms with Gasteiger partial charge in [-0.3, -0.25) is 4.99 Å². The van der Waals surface area contributed by atoms with Crippen molar-refractivity contribution >= 4 is 23.0 Å². The molecule has 1 aromatic heterocycles. The van der Waals surface area contributed by atoms with Crippen LogP contribution in [-0.2, 0) is 11.8 Å². The third-order valence-corrected chi connectivity index (χ3v) is 4.81. The van der Waals surface area contributed by atoms with E-state index in [4.69, 9.17) is 14.5 Å². The summed E-state index contributed by atoms with van der Waals surface area (Å²) in [6.45, 7) is 10.0. The van der Waals surface area contributed by atoms with E-state index in [9.17, 15) is 0 Å². The Balaban J connectivity index is 2.03. The number of hydrogen-bond donors (Lipinski definition) is 2. The number of aliphatic imine (C=N–C) groups is 1. The fourth-order valence-corrected chi connectivity index (χ4v) is 3.41. The highest BCUT2D eigenvalue weighted by Gasteiger charge is 2.17. The van der Waals surface area contributed by atoms with E-state index in [1.165, 1.54) is 0 Å². The van der Waals surface area contributed by atoms with Gasteiger partial charge in [0.25, 0.3) is 0 Å². The van der Waals surface area contributed by atoms with Crippen LogP contribution in [0.5, 0.6) is 11.5 Å². The van der Waals surface area contributed by atoms with Gasteiger partial charge in [0.2, 0.25) is 0 Å². The van der Waals surface area contributed by atoms with Crippen LogP contribution in [-0.4, -0.2) is 38.3 Å². The molecule has 2 rings (SSSR count). The largest absolute Gasteiger partial charge is 0.493 e. The third-order valence-electron chi connectivity index (χ3n) is 3.91. The fraction of sp³-hybridized carbons (Fsp3) is 0.500. The summed E-state index contributed by atoms with van der Waals surface area (Å²) in [6, 6.07) is 5.70. The number of ether oxygens (including phenoxy) is 2. The van der Waals surface area contributed by atoms with E-state index in [1.54, 1.807) is 25.6 Å². The minimum absolute atomic E-state index is 0.0852. The standard InChI is InChI=1S/C20H30N4O2S/c1-7-21-19(23-14-8-9-15(25-5)16(12-14)26-6)22-11-10-18-24-17(13-27-18)20(2,3)4/h8-9,12-13H,7,10-11H2,1-6H3,(H2,21,22,23). The Hall–Kier alpha value is -2.28. The van der Waals surface area contributed by atoms with E-state index in [2.05, 4.69) is 41.8 Å². The van der Waals surface area contributed by atoms with E-state index in [-0.39, 0.29) is 5.41 Å². The van der Waals surface area contributed by atoms with Gasteiger partial charge in [0.1, 0.15) is 0 Å². The molecule has 0 radical (unpaired) electrons. The van der Waals surface area contributed by atoms with Crippen molar-refractivity contribution in [2.24, 2.45) is 4.99 Å². The Morgan fingerprint density at radius 2 is 1.93 bits per heavy atom. The first-order valence-electron chi connectivity index (χ1n) is 9.09. The number of hydrogen-bond acceptors (Lipinski definition) is 5. The second-order valence-corrected chi connectivity index (χ2v) is 8.02. The van der Waals surface area contributed by atoms with E-state index >= 15 is 0 Å². The molecule has 1 heterocycles. The van der Waals surface area contributed by atoms with Crippen molar-refractivity contribution in [2.45, 2.75) is 39.5 Å². The third kappa shape index (κ3) is 6.13. The highest BCUT2D eigenvalue weighted by Crippen LogP contribution is 2.29. The van der Waals surface area contributed by atoms with Gasteiger partial charge in [0, 0.05) is 42.1 Å². The van der Waals surface area contributed by atoms with Crippen LogP contribution in [0.25, 0.3) is 0 Å². The molecule has 0 saturated heterocycles. The molecule has 0 fully saturated rings. The molecule has 0 amide bonds. The molecule has 27 heavy (non-hydrogen) atoms. The molecule has 0 saturated carbocycles. The number of aromatic nitrogens is 1. The van der Waals surface area contributed by atoms with Crippen molar-refractivity contribution < 1.29 is 9.47 Å². The zero-order chi connectivity index (χ0) is 19.9. The van der Waals surface area contributed by atoms with Crippen molar-refractivity contribution in [1.29, 1.82) is 0 Å². The maximum Gasteiger partial charge on any atom is 0.195 e. The second kappa shape index (κ2) is 9.60. The molecule has 6 nitrogen and oxygen atoms in total. The van der Waals surface area contributed by atoms with Gasteiger partial charge in [0.05, 0.1) is 24.9 Å². The van der Waals surface area contributed by atoms with Crippen molar-refractivity contribution in [3.05, 3.63) is 34.3 Å². The first kappa shape index (κ1) is 21.0. The normalized spacial score (nSPS) is 12.0. The average molecular weight is 391 g/mol. The lowest BCUT2D eigenvalue weighted by Gasteiger charge is -2.14. The van der Waals surface area contributed by atoms with Crippen LogP contribution in [0.15, 0.2) is 28.6 Å². The molecular weight excluding hydrogens is 360 g/mol. The van der Waals surface area contributed by atoms with Crippen LogP contribution in [0, 0.1) is 0 Å². The molecule has 0 aliphatic rings. The topological polar surface area (TPSA) is 67.8 Å². The molecule has 2 aromatic rings. The number of methoxy groups -OCH3 is 2. The van der Waals surface area contributed by atoms with Gasteiger partial charge >= 0.3 is 0 Å². The van der Waals surface area contributed by atoms with E-state index in [1.807, 2.05) is 25.1 Å². The van der Waals surface area contributed by atoms with Gasteiger partial charge in [-0.15, -0.1) is 11.3 Å². The Morgan fingerprint density at radius 1 is 1.19 bits per heavy atom. The van der Waals surface area contributed by atoms with Crippen molar-refractivity contribution in [2.75, 3.05) is 32.6 Å². The fourth-order valence-electron chi connectivity index (χ4n) is 2.39. The number of rotatable bonds is 7. The van der Waals surface area contributed by atoms with Gasteiger partial charge < -0.3 is 20.1 Å². The molecule has 2 N–H and O–H groups in total. The first-order chi connectivity index (χ1) is 12.9. The van der Waals surface area contributed by atoms with Crippen LogP contribution in [0.3, 0.4) is 0 Å². The number of guanidine groups is 1. The van der Waals surface area contributed by atoms with Gasteiger partial charge in [-0.1, -0.05) is 20.8 Å². The Morgan fingerprint density at radius 3 is 2.52 bits per heavy atom. The molecule has 1 aromatic carbocycles. The summed E-state index contributed by atoms with van der Waals surface area (Å²) in [5.74, 6) is 2.11. The van der Waals surface area contributed by atoms with Gasteiger partial charge in [-0.05, 0) is 19.1 Å². The molecule has 0 aliphatic carbocycles. The maximum absolute atomic E-state index is 5.35. The predicted octanol–water partition coefficient (Wildman–Crippen LogP) is 4.08. The summed E-state index contributed by atoms with van der Waals surface area (Å²) in [4.78, 5) is 9.39. The number of nitrogens with one attached hydrogen (secondary N) is 2. The van der Waals surface area contributed by atoms with Crippen molar-refractivity contribution in [1.82, 2.24) is 10.3 Å². The molecule has 0 aliphatic heterocycles. The lowest BCUT2D eigenvalue weighted by molar-refractivity contribution is 0.355. The van der Waals surface area contributed by atoms with Crippen LogP contribution in [0.4, 0.5) is 5.69 Å². The average Bonchev–Trinajstić information content (AvgIpc) is 3.11. The smallest absolute Gasteiger partial charge is 0.195 e. The molecular formula is C20H30N4O2S. The highest BCUT2D eigenvalue weighted by atomic mass is 32.1. The molecule has 0 atom stereocenters. The summed E-state index contributed by atoms with van der Waals surface area (Å²) in [5, 5.41) is 9.83. The zero-order valence-electron chi connectivity index (χ0n) is 17.0. The SMILES string of the molecule is CCNC(=NCCc1nc(C(C)(C)C)cs1)Nc1ccc(OC)c(OC)c1. The molecule has 0 spiro atoms. The molecule has 0 unspecified atom stereocenters. The quantitative estimate of drug-likeness (QED) is 0.551. The minimum atomic E-state index is 0.0852. The number of benzene rings is 1. The molecule has 7 heteroatoms. The molecule has 0 bridgehead atoms. The highest BCUT2D eigenvalue weighted by molar-refractivity contribution is 7.09. The Bertz CT molecular complexity index is 766. The van der Waals surface area contributed by atoms with E-state index in [0.29, 0.717) is 18.0 Å². The second-order valence-electron chi connectivity index (χ2n) is 7.08. The monoisotopic (exact) mass is 390 g/mol. The number of thiazole rings is 1. The van der Waals surface area contributed by atoms with Crippen molar-refractivity contribution in [3.8, 4) is 11.5 Å². The summed E-state index contributed by atoms with van der Waals surface area (Å²) in [6.07, 6.45) is 0.823. The number of anilines is 1. The van der Waals surface area contributed by atoms with Gasteiger partial charge in [0.15, 0.2) is 17.5 Å². The lowest BCUT2D eigenvalue weighted by Crippen LogP contribution is -2.30. The predicted molar refractivity (Wildman–Crippen MR) is 114 cm³/mol. The molecule has 148 valence electrons. The van der Waals surface area contributed by atoms with Gasteiger partial charge in [-0.2, -0.15) is 0 Å². The van der Waals surface area contributed by atoms with Crippen LogP contribution in [0.2, 0.25) is 0 Å². The maximum atomic E-state index is 5.35. The van der Waals surface area contributed by atoms with Crippen molar-refractivity contribution in [3.63, 3.8) is 0 Å². The first-order valence-corrected chi connectivity index (χ1v) is 9.97. The Kier molecular flexibility index (Phi) is 7.47. The minimum Gasteiger partial charge on any atom is -0.493 e. The lowest BCUT2D eigenvalue weighted by atomic mass is 9.93. The number of nitrogens with zero attached hydrogens (tertiary/aromatic N) is 2. The summed E-state index contributed by atoms with van der Waals surface area (Å²) < 4.78 is 10.6. The summed E-state index contributed by atoms with van der Waals surface area (Å²) >= 11 is 1.70. The van der Waals surface area contributed by atoms with E-state index < -0.39 is 0 Å². The summed E-state index contributed by atoms with van der Waals surface area (Å²) in [7, 11) is 3.25. The van der Waals surface area contributed by atoms with Crippen LogP contribution < -0.4 is 20.1 Å². The van der Waals surface area contributed by atoms with Gasteiger partial charge in [-0.25, -0.2) is 4.98 Å². The van der Waals surface area contributed by atoms with E-state index in [0.717, 1.165) is 35.3 Å². The van der Waals surface area contributed by atoms with Crippen LogP contribution >= 0.6 is 11.3 Å². The Labute approximate surface area is 166 Å². The zero-order valence-corrected chi connectivity index (χ0v) is 17.9.